The first kappa shape index (κ1) is 14.5. The van der Waals surface area contributed by atoms with Gasteiger partial charge in [-0.3, -0.25) is 9.69 Å². The van der Waals surface area contributed by atoms with Crippen molar-refractivity contribution in [2.24, 2.45) is 5.92 Å². The molecule has 0 saturated carbocycles. The molecule has 2 bridgehead atoms. The lowest BCUT2D eigenvalue weighted by atomic mass is 9.80. The molecule has 1 aromatic rings. The van der Waals surface area contributed by atoms with Crippen molar-refractivity contribution < 1.29 is 14.6 Å². The van der Waals surface area contributed by atoms with Gasteiger partial charge in [0.25, 0.3) is 0 Å². The van der Waals surface area contributed by atoms with Gasteiger partial charge in [0.05, 0.1) is 6.10 Å². The molecule has 4 nitrogen and oxygen atoms in total. The van der Waals surface area contributed by atoms with Gasteiger partial charge in [-0.15, -0.1) is 0 Å². The summed E-state index contributed by atoms with van der Waals surface area (Å²) in [5.74, 6) is -0.311. The maximum Gasteiger partial charge on any atom is 0.302 e. The van der Waals surface area contributed by atoms with Crippen molar-refractivity contribution in [3.63, 3.8) is 0 Å². The minimum Gasteiger partial charge on any atom is -0.462 e. The standard InChI is InChI=1S/C17H23NO3/c1-11(19)21-15-10-13-8-9-14(18(13)2)16(15)17(20)12-6-4-3-5-7-12/h3-7,13-17,20H,8-10H2,1-2H3/t13-,14+,15+,16-,17+/m0/s1. The van der Waals surface area contributed by atoms with E-state index in [4.69, 9.17) is 4.74 Å². The average molecular weight is 289 g/mol. The average Bonchev–Trinajstić information content (AvgIpc) is 2.71. The van der Waals surface area contributed by atoms with Crippen molar-refractivity contribution in [2.45, 2.75) is 50.5 Å². The number of ether oxygens (including phenoxy) is 1. The van der Waals surface area contributed by atoms with E-state index in [0.717, 1.165) is 24.8 Å². The number of esters is 1. The minimum absolute atomic E-state index is 0.0555. The van der Waals surface area contributed by atoms with Crippen LogP contribution in [0.4, 0.5) is 0 Å². The zero-order valence-electron chi connectivity index (χ0n) is 12.6. The first-order valence-electron chi connectivity index (χ1n) is 7.70. The van der Waals surface area contributed by atoms with Crippen LogP contribution >= 0.6 is 0 Å². The Labute approximate surface area is 125 Å². The highest BCUT2D eigenvalue weighted by atomic mass is 16.5. The molecular formula is C17H23NO3. The third kappa shape index (κ3) is 2.70. The molecule has 1 N–H and O–H groups in total. The molecule has 2 heterocycles. The maximum absolute atomic E-state index is 11.4. The van der Waals surface area contributed by atoms with E-state index in [0.29, 0.717) is 6.04 Å². The fourth-order valence-electron chi connectivity index (χ4n) is 4.09. The number of hydrogen-bond acceptors (Lipinski definition) is 4. The van der Waals surface area contributed by atoms with Gasteiger partial charge in [-0.05, 0) is 25.5 Å². The lowest BCUT2D eigenvalue weighted by Crippen LogP contribution is -2.52. The number of hydrogen-bond donors (Lipinski definition) is 1. The number of fused-ring (bicyclic) bond motifs is 2. The van der Waals surface area contributed by atoms with Gasteiger partial charge in [-0.1, -0.05) is 30.3 Å². The van der Waals surface area contributed by atoms with Crippen LogP contribution in [-0.4, -0.2) is 41.2 Å². The second-order valence-corrected chi connectivity index (χ2v) is 6.28. The second-order valence-electron chi connectivity index (χ2n) is 6.28. The number of piperidine rings is 1. The first-order chi connectivity index (χ1) is 10.1. The van der Waals surface area contributed by atoms with E-state index in [-0.39, 0.29) is 24.0 Å². The van der Waals surface area contributed by atoms with Crippen LogP contribution in [0.25, 0.3) is 0 Å². The molecule has 2 fully saturated rings. The van der Waals surface area contributed by atoms with Crippen LogP contribution in [0.5, 0.6) is 0 Å². The van der Waals surface area contributed by atoms with E-state index >= 15 is 0 Å². The Morgan fingerprint density at radius 2 is 2.05 bits per heavy atom. The molecule has 0 amide bonds. The zero-order chi connectivity index (χ0) is 15.0. The molecule has 5 atom stereocenters. The Kier molecular flexibility index (Phi) is 4.00. The number of nitrogens with zero attached hydrogens (tertiary/aromatic N) is 1. The fraction of sp³-hybridized carbons (Fsp3) is 0.588. The molecule has 2 aliphatic heterocycles. The number of carbonyl (C=O) groups excluding carboxylic acids is 1. The number of rotatable bonds is 3. The normalized spacial score (nSPS) is 33.7. The second kappa shape index (κ2) is 5.78. The number of benzene rings is 1. The van der Waals surface area contributed by atoms with E-state index in [1.54, 1.807) is 0 Å². The Hall–Kier alpha value is -1.39. The zero-order valence-corrected chi connectivity index (χ0v) is 12.6. The van der Waals surface area contributed by atoms with Crippen molar-refractivity contribution in [2.75, 3.05) is 7.05 Å². The van der Waals surface area contributed by atoms with E-state index in [9.17, 15) is 9.90 Å². The molecule has 114 valence electrons. The number of carbonyl (C=O) groups is 1. The molecule has 0 spiro atoms. The summed E-state index contributed by atoms with van der Waals surface area (Å²) in [4.78, 5) is 13.8. The van der Waals surface area contributed by atoms with Gasteiger partial charge >= 0.3 is 5.97 Å². The Balaban J connectivity index is 1.88. The predicted octanol–water partition coefficient (Wildman–Crippen LogP) is 2.13. The van der Waals surface area contributed by atoms with Crippen molar-refractivity contribution >= 4 is 5.97 Å². The minimum atomic E-state index is -0.595. The maximum atomic E-state index is 11.4. The van der Waals surface area contributed by atoms with Gasteiger partial charge < -0.3 is 9.84 Å². The quantitative estimate of drug-likeness (QED) is 0.866. The molecule has 2 saturated heterocycles. The smallest absolute Gasteiger partial charge is 0.302 e. The summed E-state index contributed by atoms with van der Waals surface area (Å²) in [6.07, 6.45) is 2.22. The van der Waals surface area contributed by atoms with E-state index in [1.165, 1.54) is 6.92 Å². The van der Waals surface area contributed by atoms with E-state index in [1.807, 2.05) is 30.3 Å². The van der Waals surface area contributed by atoms with Crippen LogP contribution < -0.4 is 0 Å². The Bertz CT molecular complexity index is 504. The third-order valence-electron chi connectivity index (χ3n) is 5.10. The van der Waals surface area contributed by atoms with Gasteiger partial charge in [0, 0.05) is 31.3 Å². The van der Waals surface area contributed by atoms with Crippen molar-refractivity contribution in [3.8, 4) is 0 Å². The van der Waals surface area contributed by atoms with Gasteiger partial charge in [-0.25, -0.2) is 0 Å². The number of aliphatic hydroxyl groups is 1. The van der Waals surface area contributed by atoms with Crippen molar-refractivity contribution in [1.82, 2.24) is 4.90 Å². The summed E-state index contributed by atoms with van der Waals surface area (Å²) in [7, 11) is 2.12. The first-order valence-corrected chi connectivity index (χ1v) is 7.70. The number of aliphatic hydroxyl groups excluding tert-OH is 1. The van der Waals surface area contributed by atoms with Crippen LogP contribution in [0, 0.1) is 5.92 Å². The molecular weight excluding hydrogens is 266 g/mol. The van der Waals surface area contributed by atoms with E-state index < -0.39 is 6.10 Å². The van der Waals surface area contributed by atoms with Crippen LogP contribution in [0.3, 0.4) is 0 Å². The molecule has 1 aromatic carbocycles. The summed E-state index contributed by atoms with van der Waals surface area (Å²) in [6, 6.07) is 10.4. The summed E-state index contributed by atoms with van der Waals surface area (Å²) >= 11 is 0. The lowest BCUT2D eigenvalue weighted by Gasteiger charge is -2.44. The van der Waals surface area contributed by atoms with Crippen molar-refractivity contribution in [1.29, 1.82) is 0 Å². The highest BCUT2D eigenvalue weighted by molar-refractivity contribution is 5.66. The molecule has 0 aromatic heterocycles. The molecule has 2 aliphatic rings. The Morgan fingerprint density at radius 3 is 2.71 bits per heavy atom. The highest BCUT2D eigenvalue weighted by Crippen LogP contribution is 2.44. The van der Waals surface area contributed by atoms with Crippen LogP contribution in [0.1, 0.15) is 37.9 Å². The summed E-state index contributed by atoms with van der Waals surface area (Å²) in [5.41, 5.74) is 0.901. The van der Waals surface area contributed by atoms with Crippen LogP contribution in [0.15, 0.2) is 30.3 Å². The topological polar surface area (TPSA) is 49.8 Å². The van der Waals surface area contributed by atoms with Gasteiger partial charge in [0.15, 0.2) is 0 Å². The van der Waals surface area contributed by atoms with Crippen LogP contribution in [0.2, 0.25) is 0 Å². The van der Waals surface area contributed by atoms with E-state index in [2.05, 4.69) is 11.9 Å². The summed E-state index contributed by atoms with van der Waals surface area (Å²) in [6.45, 7) is 1.45. The summed E-state index contributed by atoms with van der Waals surface area (Å²) in [5, 5.41) is 10.8. The molecule has 3 rings (SSSR count). The Morgan fingerprint density at radius 1 is 1.33 bits per heavy atom. The van der Waals surface area contributed by atoms with Gasteiger partial charge in [0.1, 0.15) is 6.10 Å². The molecule has 21 heavy (non-hydrogen) atoms. The molecule has 4 heteroatoms. The molecule has 0 aliphatic carbocycles. The SMILES string of the molecule is CC(=O)O[C@@H]1C[C@@H]2CC[C@H]([C@@H]1[C@H](O)c1ccccc1)N2C. The highest BCUT2D eigenvalue weighted by Gasteiger charge is 2.49. The van der Waals surface area contributed by atoms with Gasteiger partial charge in [0.2, 0.25) is 0 Å². The third-order valence-corrected chi connectivity index (χ3v) is 5.10. The fourth-order valence-corrected chi connectivity index (χ4v) is 4.09. The lowest BCUT2D eigenvalue weighted by molar-refractivity contribution is -0.159. The monoisotopic (exact) mass is 289 g/mol. The van der Waals surface area contributed by atoms with Gasteiger partial charge in [-0.2, -0.15) is 0 Å². The van der Waals surface area contributed by atoms with Crippen molar-refractivity contribution in [3.05, 3.63) is 35.9 Å². The molecule has 0 radical (unpaired) electrons. The summed E-state index contributed by atoms with van der Waals surface area (Å²) < 4.78 is 5.55. The largest absolute Gasteiger partial charge is 0.462 e. The predicted molar refractivity (Wildman–Crippen MR) is 79.6 cm³/mol. The molecule has 0 unspecified atom stereocenters. The van der Waals surface area contributed by atoms with Crippen LogP contribution in [-0.2, 0) is 9.53 Å².